The minimum absolute atomic E-state index is 0.000624. The minimum Gasteiger partial charge on any atom is -0.413 e. The Balaban J connectivity index is 2.55. The Kier molecular flexibility index (Phi) is 7.91. The van der Waals surface area contributed by atoms with Gasteiger partial charge in [0.05, 0.1) is 6.61 Å². The summed E-state index contributed by atoms with van der Waals surface area (Å²) in [6.07, 6.45) is 1.65. The van der Waals surface area contributed by atoms with Gasteiger partial charge in [-0.05, 0) is 36.3 Å². The number of H-pyrrole nitrogens is 1. The third-order valence-electron chi connectivity index (χ3n) is 7.55. The van der Waals surface area contributed by atoms with Crippen LogP contribution in [0.5, 0.6) is 0 Å². The van der Waals surface area contributed by atoms with Crippen molar-refractivity contribution in [2.24, 2.45) is 0 Å². The van der Waals surface area contributed by atoms with Crippen molar-refractivity contribution in [3.8, 4) is 0 Å². The molecule has 0 spiro atoms. The number of nitrogens with zero attached hydrogens (tertiary/aromatic N) is 1. The van der Waals surface area contributed by atoms with E-state index in [9.17, 15) is 9.59 Å². The summed E-state index contributed by atoms with van der Waals surface area (Å²) in [5.41, 5.74) is -2.13. The Morgan fingerprint density at radius 3 is 2.15 bits per heavy atom. The highest BCUT2D eigenvalue weighted by Crippen LogP contribution is 2.48. The molecule has 2 rings (SSSR count). The molecule has 1 aliphatic rings. The molecule has 4 atom stereocenters. The van der Waals surface area contributed by atoms with Crippen LogP contribution in [0.4, 0.5) is 0 Å². The summed E-state index contributed by atoms with van der Waals surface area (Å²) >= 11 is 6.98. The molecule has 0 amide bonds. The lowest BCUT2D eigenvalue weighted by atomic mass is 9.98. The summed E-state index contributed by atoms with van der Waals surface area (Å²) in [5, 5.41) is -0.771. The van der Waals surface area contributed by atoms with E-state index in [0.717, 1.165) is 0 Å². The average Bonchev–Trinajstić information content (AvgIpc) is 2.91. The van der Waals surface area contributed by atoms with Gasteiger partial charge < -0.3 is 13.6 Å². The summed E-state index contributed by atoms with van der Waals surface area (Å²) in [6.45, 7) is 25.9. The van der Waals surface area contributed by atoms with E-state index in [4.69, 9.17) is 25.2 Å². The van der Waals surface area contributed by atoms with Crippen LogP contribution < -0.4 is 11.2 Å². The van der Waals surface area contributed by atoms with Gasteiger partial charge in [0.1, 0.15) is 17.1 Å². The highest BCUT2D eigenvalue weighted by atomic mass is 35.5. The zero-order chi connectivity index (χ0) is 25.6. The Hall–Kier alpha value is -0.976. The third-order valence-corrected chi connectivity index (χ3v) is 16.9. The molecule has 0 unspecified atom stereocenters. The second-order valence-corrected chi connectivity index (χ2v) is 22.0. The molecule has 10 heteroatoms. The monoisotopic (exact) mass is 516 g/mol. The van der Waals surface area contributed by atoms with E-state index in [1.54, 1.807) is 6.08 Å². The van der Waals surface area contributed by atoms with Crippen LogP contribution in [0.1, 0.15) is 47.8 Å². The topological polar surface area (TPSA) is 82.5 Å². The summed E-state index contributed by atoms with van der Waals surface area (Å²) in [5.74, 6) is 0. The molecule has 0 radical (unpaired) electrons. The SMILES string of the molecule is C=C[C@]1(CO[Si](C)(C)C(C)(C)C)O[C@@H](n2ccc(=O)[nH]c2=O)[C@@H](Cl)[C@@H]1O[Si](C)(C)C(C)(C)C. The molecular weight excluding hydrogens is 476 g/mol. The lowest BCUT2D eigenvalue weighted by Crippen LogP contribution is -2.55. The van der Waals surface area contributed by atoms with Crippen LogP contribution in [0.15, 0.2) is 34.5 Å². The first-order chi connectivity index (χ1) is 14.8. The molecule has 0 aliphatic carbocycles. The summed E-state index contributed by atoms with van der Waals surface area (Å²) in [6, 6.07) is 1.28. The fourth-order valence-electron chi connectivity index (χ4n) is 3.12. The molecule has 0 saturated carbocycles. The van der Waals surface area contributed by atoms with Gasteiger partial charge >= 0.3 is 5.69 Å². The number of halogens is 1. The highest BCUT2D eigenvalue weighted by molar-refractivity contribution is 6.74. The fourth-order valence-corrected chi connectivity index (χ4v) is 6.00. The number of alkyl halides is 1. The first-order valence-electron chi connectivity index (χ1n) is 11.4. The van der Waals surface area contributed by atoms with Crippen molar-refractivity contribution in [2.45, 2.75) is 101 Å². The number of aromatic nitrogens is 2. The Bertz CT molecular complexity index is 977. The molecule has 0 aromatic carbocycles. The van der Waals surface area contributed by atoms with Crippen LogP contribution in [0.2, 0.25) is 36.3 Å². The maximum Gasteiger partial charge on any atom is 0.330 e. The van der Waals surface area contributed by atoms with Gasteiger partial charge in [0.25, 0.3) is 5.56 Å². The van der Waals surface area contributed by atoms with Gasteiger partial charge in [-0.25, -0.2) is 4.79 Å². The second-order valence-electron chi connectivity index (χ2n) is 12.0. The summed E-state index contributed by atoms with van der Waals surface area (Å²) in [4.78, 5) is 26.4. The van der Waals surface area contributed by atoms with E-state index >= 15 is 0 Å². The molecule has 1 N–H and O–H groups in total. The van der Waals surface area contributed by atoms with Crippen molar-refractivity contribution in [2.75, 3.05) is 6.61 Å². The fraction of sp³-hybridized carbons (Fsp3) is 0.739. The van der Waals surface area contributed by atoms with Crippen molar-refractivity contribution in [1.29, 1.82) is 0 Å². The maximum absolute atomic E-state index is 12.6. The Labute approximate surface area is 204 Å². The van der Waals surface area contributed by atoms with Gasteiger partial charge in [0.2, 0.25) is 0 Å². The lowest BCUT2D eigenvalue weighted by Gasteiger charge is -2.44. The molecular formula is C23H41ClN2O5Si2. The Morgan fingerprint density at radius 2 is 1.70 bits per heavy atom. The van der Waals surface area contributed by atoms with E-state index in [0.29, 0.717) is 0 Å². The molecule has 0 bridgehead atoms. The smallest absolute Gasteiger partial charge is 0.330 e. The van der Waals surface area contributed by atoms with Gasteiger partial charge in [-0.1, -0.05) is 47.6 Å². The molecule has 33 heavy (non-hydrogen) atoms. The van der Waals surface area contributed by atoms with Crippen molar-refractivity contribution < 1.29 is 13.6 Å². The zero-order valence-electron chi connectivity index (χ0n) is 21.7. The molecule has 1 aromatic rings. The predicted molar refractivity (Wildman–Crippen MR) is 139 cm³/mol. The van der Waals surface area contributed by atoms with E-state index in [-0.39, 0.29) is 16.7 Å². The molecule has 1 fully saturated rings. The van der Waals surface area contributed by atoms with Crippen molar-refractivity contribution in [3.63, 3.8) is 0 Å². The number of nitrogens with one attached hydrogen (secondary N) is 1. The van der Waals surface area contributed by atoms with E-state index in [1.807, 2.05) is 0 Å². The number of aromatic amines is 1. The van der Waals surface area contributed by atoms with Crippen molar-refractivity contribution in [3.05, 3.63) is 45.8 Å². The molecule has 1 aromatic heterocycles. The largest absolute Gasteiger partial charge is 0.413 e. The van der Waals surface area contributed by atoms with Gasteiger partial charge in [0, 0.05) is 12.3 Å². The molecule has 2 heterocycles. The normalized spacial score (nSPS) is 27.1. The van der Waals surface area contributed by atoms with Crippen molar-refractivity contribution in [1.82, 2.24) is 9.55 Å². The van der Waals surface area contributed by atoms with Crippen LogP contribution in [0, 0.1) is 0 Å². The van der Waals surface area contributed by atoms with Gasteiger partial charge in [-0.3, -0.25) is 14.3 Å². The third kappa shape index (κ3) is 5.65. The van der Waals surface area contributed by atoms with Gasteiger partial charge in [0.15, 0.2) is 22.9 Å². The van der Waals surface area contributed by atoms with Crippen LogP contribution in [0.3, 0.4) is 0 Å². The van der Waals surface area contributed by atoms with Crippen LogP contribution in [0.25, 0.3) is 0 Å². The second kappa shape index (κ2) is 9.24. The number of ether oxygens (including phenoxy) is 1. The zero-order valence-corrected chi connectivity index (χ0v) is 24.5. The molecule has 7 nitrogen and oxygen atoms in total. The number of hydrogen-bond donors (Lipinski definition) is 1. The quantitative estimate of drug-likeness (QED) is 0.313. The van der Waals surface area contributed by atoms with E-state index in [2.05, 4.69) is 79.3 Å². The van der Waals surface area contributed by atoms with E-state index in [1.165, 1.54) is 16.8 Å². The lowest BCUT2D eigenvalue weighted by molar-refractivity contribution is -0.0920. The summed E-state index contributed by atoms with van der Waals surface area (Å²) in [7, 11) is -4.42. The first-order valence-corrected chi connectivity index (χ1v) is 17.6. The predicted octanol–water partition coefficient (Wildman–Crippen LogP) is 5.01. The Morgan fingerprint density at radius 1 is 1.15 bits per heavy atom. The first kappa shape index (κ1) is 28.3. The summed E-state index contributed by atoms with van der Waals surface area (Å²) < 4.78 is 21.2. The van der Waals surface area contributed by atoms with Gasteiger partial charge in [-0.2, -0.15) is 0 Å². The molecule has 1 aliphatic heterocycles. The van der Waals surface area contributed by atoms with E-state index < -0.39 is 51.2 Å². The highest BCUT2D eigenvalue weighted by Gasteiger charge is 2.58. The van der Waals surface area contributed by atoms with Crippen LogP contribution >= 0.6 is 11.6 Å². The van der Waals surface area contributed by atoms with Gasteiger partial charge in [-0.15, -0.1) is 18.2 Å². The minimum atomic E-state index is -2.28. The maximum atomic E-state index is 12.6. The van der Waals surface area contributed by atoms with Crippen LogP contribution in [-0.2, 0) is 13.6 Å². The number of rotatable bonds is 7. The van der Waals surface area contributed by atoms with Crippen LogP contribution in [-0.4, -0.2) is 49.9 Å². The van der Waals surface area contributed by atoms with Crippen molar-refractivity contribution >= 4 is 28.2 Å². The molecule has 1 saturated heterocycles. The molecule has 188 valence electrons. The average molecular weight is 517 g/mol. The standard InChI is InChI=1S/C23H41ClN2O5Si2/c1-12-23(15-29-32(8,9)21(2,3)4)18(31-33(10,11)22(5,6)7)17(24)19(30-23)26-14-13-16(27)25-20(26)28/h12-14,17-19H,1,15H2,2-11H3,(H,25,27,28)/t17-,18-,19+,23+/m0/s1. The number of hydrogen-bond acceptors (Lipinski definition) is 5.